The van der Waals surface area contributed by atoms with Crippen molar-refractivity contribution in [1.82, 2.24) is 0 Å². The molecule has 0 bridgehead atoms. The number of hydrogen-bond acceptors (Lipinski definition) is 1. The first-order chi connectivity index (χ1) is 10.5. The van der Waals surface area contributed by atoms with Crippen molar-refractivity contribution >= 4 is 5.71 Å². The number of nitrogens with zero attached hydrogens (tertiary/aromatic N) is 1. The molecule has 0 aliphatic carbocycles. The molecule has 0 radical (unpaired) electrons. The van der Waals surface area contributed by atoms with Gasteiger partial charge in [-0.1, -0.05) is 68.5 Å². The van der Waals surface area contributed by atoms with Gasteiger partial charge in [-0.25, -0.2) is 0 Å². The van der Waals surface area contributed by atoms with E-state index >= 15 is 0 Å². The SMILES string of the molecule is C=CC(C)(C)Cc1cccc(C(C)=NCc2ccccc2)c1. The van der Waals surface area contributed by atoms with Gasteiger partial charge in [0.2, 0.25) is 0 Å². The highest BCUT2D eigenvalue weighted by atomic mass is 14.7. The second-order valence-electron chi connectivity index (χ2n) is 6.46. The Kier molecular flexibility index (Phi) is 5.32. The molecule has 0 saturated heterocycles. The summed E-state index contributed by atoms with van der Waals surface area (Å²) in [6.45, 7) is 11.2. The summed E-state index contributed by atoms with van der Waals surface area (Å²) in [5.41, 5.74) is 4.98. The zero-order valence-corrected chi connectivity index (χ0v) is 13.8. The molecule has 1 nitrogen and oxygen atoms in total. The molecular formula is C21H25N. The van der Waals surface area contributed by atoms with Crippen molar-refractivity contribution in [3.05, 3.63) is 83.9 Å². The lowest BCUT2D eigenvalue weighted by Crippen LogP contribution is -2.11. The van der Waals surface area contributed by atoms with Crippen molar-refractivity contribution < 1.29 is 0 Å². The van der Waals surface area contributed by atoms with Crippen molar-refractivity contribution in [2.24, 2.45) is 10.4 Å². The highest BCUT2D eigenvalue weighted by Crippen LogP contribution is 2.23. The third-order valence-electron chi connectivity index (χ3n) is 3.90. The molecule has 0 heterocycles. The van der Waals surface area contributed by atoms with Gasteiger partial charge >= 0.3 is 0 Å². The van der Waals surface area contributed by atoms with Gasteiger partial charge in [0.1, 0.15) is 0 Å². The van der Waals surface area contributed by atoms with Gasteiger partial charge in [-0.3, -0.25) is 4.99 Å². The van der Waals surface area contributed by atoms with Crippen LogP contribution >= 0.6 is 0 Å². The molecule has 0 aliphatic rings. The maximum atomic E-state index is 4.72. The summed E-state index contributed by atoms with van der Waals surface area (Å²) in [5, 5.41) is 0. The van der Waals surface area contributed by atoms with Crippen LogP contribution in [0.2, 0.25) is 0 Å². The molecule has 2 rings (SSSR count). The maximum absolute atomic E-state index is 4.72. The highest BCUT2D eigenvalue weighted by Gasteiger charge is 2.14. The molecule has 0 fully saturated rings. The number of rotatable bonds is 6. The Balaban J connectivity index is 2.13. The summed E-state index contributed by atoms with van der Waals surface area (Å²) in [5.74, 6) is 0. The first kappa shape index (κ1) is 16.2. The summed E-state index contributed by atoms with van der Waals surface area (Å²) in [6.07, 6.45) is 3.02. The van der Waals surface area contributed by atoms with Crippen LogP contribution in [0, 0.1) is 5.41 Å². The minimum Gasteiger partial charge on any atom is -0.285 e. The van der Waals surface area contributed by atoms with E-state index in [-0.39, 0.29) is 5.41 Å². The molecule has 2 aromatic rings. The molecule has 2 aromatic carbocycles. The zero-order valence-electron chi connectivity index (χ0n) is 13.8. The molecule has 0 aromatic heterocycles. The van der Waals surface area contributed by atoms with Crippen LogP contribution in [-0.4, -0.2) is 5.71 Å². The van der Waals surface area contributed by atoms with Crippen LogP contribution in [0.5, 0.6) is 0 Å². The van der Waals surface area contributed by atoms with Gasteiger partial charge in [0.25, 0.3) is 0 Å². The molecule has 0 saturated carbocycles. The standard InChI is InChI=1S/C21H25N/c1-5-21(3,4)15-19-12-9-13-20(14-19)17(2)22-16-18-10-7-6-8-11-18/h5-14H,1,15-16H2,2-4H3. The molecule has 1 heteroatoms. The Bertz CT molecular complexity index is 651. The molecule has 0 N–H and O–H groups in total. The Morgan fingerprint density at radius 1 is 1.05 bits per heavy atom. The van der Waals surface area contributed by atoms with E-state index in [1.54, 1.807) is 0 Å². The smallest absolute Gasteiger partial charge is 0.0643 e. The predicted octanol–water partition coefficient (Wildman–Crippen LogP) is 5.45. The van der Waals surface area contributed by atoms with E-state index in [2.05, 4.69) is 75.9 Å². The van der Waals surface area contributed by atoms with E-state index in [1.165, 1.54) is 16.7 Å². The van der Waals surface area contributed by atoms with Gasteiger partial charge in [-0.05, 0) is 41.5 Å². The highest BCUT2D eigenvalue weighted by molar-refractivity contribution is 5.98. The largest absolute Gasteiger partial charge is 0.285 e. The lowest BCUT2D eigenvalue weighted by atomic mass is 9.85. The van der Waals surface area contributed by atoms with Crippen molar-refractivity contribution in [2.75, 3.05) is 0 Å². The van der Waals surface area contributed by atoms with E-state index in [9.17, 15) is 0 Å². The van der Waals surface area contributed by atoms with Gasteiger partial charge in [-0.15, -0.1) is 6.58 Å². The summed E-state index contributed by atoms with van der Waals surface area (Å²) in [4.78, 5) is 4.72. The third-order valence-corrected chi connectivity index (χ3v) is 3.90. The molecule has 0 spiro atoms. The summed E-state index contributed by atoms with van der Waals surface area (Å²) in [7, 11) is 0. The van der Waals surface area contributed by atoms with Crippen molar-refractivity contribution in [3.8, 4) is 0 Å². The van der Waals surface area contributed by atoms with Crippen LogP contribution in [0.15, 0.2) is 72.2 Å². The molecular weight excluding hydrogens is 266 g/mol. The van der Waals surface area contributed by atoms with Crippen molar-refractivity contribution in [2.45, 2.75) is 33.7 Å². The number of benzene rings is 2. The topological polar surface area (TPSA) is 12.4 Å². The Labute approximate surface area is 134 Å². The Morgan fingerprint density at radius 2 is 1.73 bits per heavy atom. The number of aliphatic imine (C=N–C) groups is 1. The van der Waals surface area contributed by atoms with Crippen LogP contribution in [0.4, 0.5) is 0 Å². The Hall–Kier alpha value is -2.15. The fourth-order valence-electron chi connectivity index (χ4n) is 2.39. The second-order valence-corrected chi connectivity index (χ2v) is 6.46. The molecule has 114 valence electrons. The number of allylic oxidation sites excluding steroid dienone is 1. The first-order valence-corrected chi connectivity index (χ1v) is 7.78. The van der Waals surface area contributed by atoms with Gasteiger partial charge < -0.3 is 0 Å². The van der Waals surface area contributed by atoms with E-state index in [4.69, 9.17) is 4.99 Å². The average Bonchev–Trinajstić information content (AvgIpc) is 2.53. The summed E-state index contributed by atoms with van der Waals surface area (Å²) < 4.78 is 0. The lowest BCUT2D eigenvalue weighted by molar-refractivity contribution is 0.479. The number of hydrogen-bond donors (Lipinski definition) is 0. The maximum Gasteiger partial charge on any atom is 0.0643 e. The molecule has 22 heavy (non-hydrogen) atoms. The van der Waals surface area contributed by atoms with Gasteiger partial charge in [0.05, 0.1) is 6.54 Å². The normalized spacial score (nSPS) is 12.2. The lowest BCUT2D eigenvalue weighted by Gasteiger charge is -2.20. The predicted molar refractivity (Wildman–Crippen MR) is 96.5 cm³/mol. The second kappa shape index (κ2) is 7.22. The van der Waals surface area contributed by atoms with Crippen LogP contribution in [0.3, 0.4) is 0 Å². The zero-order chi connectivity index (χ0) is 16.0. The third kappa shape index (κ3) is 4.70. The summed E-state index contributed by atoms with van der Waals surface area (Å²) >= 11 is 0. The minimum absolute atomic E-state index is 0.119. The van der Waals surface area contributed by atoms with E-state index < -0.39 is 0 Å². The van der Waals surface area contributed by atoms with Crippen LogP contribution < -0.4 is 0 Å². The van der Waals surface area contributed by atoms with Gasteiger partial charge in [0, 0.05) is 5.71 Å². The van der Waals surface area contributed by atoms with E-state index in [0.717, 1.165) is 18.7 Å². The average molecular weight is 291 g/mol. The molecule has 0 amide bonds. The van der Waals surface area contributed by atoms with Crippen LogP contribution in [0.1, 0.15) is 37.5 Å². The van der Waals surface area contributed by atoms with E-state index in [0.29, 0.717) is 0 Å². The van der Waals surface area contributed by atoms with Gasteiger partial charge in [0.15, 0.2) is 0 Å². The summed E-state index contributed by atoms with van der Waals surface area (Å²) in [6, 6.07) is 19.0. The fourth-order valence-corrected chi connectivity index (χ4v) is 2.39. The molecule has 0 atom stereocenters. The van der Waals surface area contributed by atoms with Crippen molar-refractivity contribution in [3.63, 3.8) is 0 Å². The van der Waals surface area contributed by atoms with Gasteiger partial charge in [-0.2, -0.15) is 0 Å². The molecule has 0 aliphatic heterocycles. The van der Waals surface area contributed by atoms with Crippen LogP contribution in [-0.2, 0) is 13.0 Å². The van der Waals surface area contributed by atoms with E-state index in [1.807, 2.05) is 12.1 Å². The molecule has 0 unspecified atom stereocenters. The first-order valence-electron chi connectivity index (χ1n) is 7.78. The van der Waals surface area contributed by atoms with Crippen LogP contribution in [0.25, 0.3) is 0 Å². The Morgan fingerprint density at radius 3 is 2.41 bits per heavy atom. The minimum atomic E-state index is 0.119. The monoisotopic (exact) mass is 291 g/mol. The van der Waals surface area contributed by atoms with Crippen molar-refractivity contribution in [1.29, 1.82) is 0 Å². The fraction of sp³-hybridized carbons (Fsp3) is 0.286. The quantitative estimate of drug-likeness (QED) is 0.495.